The molecule has 1 N–H and O–H groups in total. The van der Waals surface area contributed by atoms with E-state index in [1.165, 1.54) is 10.7 Å². The Hall–Kier alpha value is -3.42. The topological polar surface area (TPSA) is 82.2 Å². The number of hydrogen-bond acceptors (Lipinski definition) is 5. The van der Waals surface area contributed by atoms with Gasteiger partial charge in [-0.15, -0.1) is 0 Å². The van der Waals surface area contributed by atoms with Crippen molar-refractivity contribution in [1.82, 2.24) is 9.78 Å². The number of anilines is 1. The third-order valence-electron chi connectivity index (χ3n) is 4.11. The van der Waals surface area contributed by atoms with E-state index in [9.17, 15) is 14.5 Å². The Morgan fingerprint density at radius 2 is 1.93 bits per heavy atom. The van der Waals surface area contributed by atoms with Gasteiger partial charge < -0.3 is 10.1 Å². The predicted molar refractivity (Wildman–Crippen MR) is 99.1 cm³/mol. The maximum absolute atomic E-state index is 13.6. The van der Waals surface area contributed by atoms with Gasteiger partial charge in [-0.1, -0.05) is 30.3 Å². The number of ether oxygens (including phenoxy) is 1. The molecule has 1 aromatic heterocycles. The van der Waals surface area contributed by atoms with Crippen molar-refractivity contribution < 1.29 is 14.1 Å². The number of aryl methyl sites for hydroxylation is 2. The SMILES string of the molecule is Cc1nn(C)c(NCc2ccc(OCc3ccccc3F)cc2)c1[N+](=O)[O-]. The molecule has 0 unspecified atom stereocenters. The zero-order valence-corrected chi connectivity index (χ0v) is 15.0. The van der Waals surface area contributed by atoms with E-state index < -0.39 is 4.92 Å². The summed E-state index contributed by atoms with van der Waals surface area (Å²) in [4.78, 5) is 10.8. The van der Waals surface area contributed by atoms with E-state index in [1.54, 1.807) is 44.3 Å². The van der Waals surface area contributed by atoms with Crippen LogP contribution in [0, 0.1) is 22.9 Å². The van der Waals surface area contributed by atoms with Crippen molar-refractivity contribution >= 4 is 11.5 Å². The molecule has 27 heavy (non-hydrogen) atoms. The summed E-state index contributed by atoms with van der Waals surface area (Å²) in [6, 6.07) is 13.7. The lowest BCUT2D eigenvalue weighted by Gasteiger charge is -2.09. The molecule has 3 rings (SSSR count). The monoisotopic (exact) mass is 370 g/mol. The number of benzene rings is 2. The first-order valence-corrected chi connectivity index (χ1v) is 8.32. The average Bonchev–Trinajstić information content (AvgIpc) is 2.93. The summed E-state index contributed by atoms with van der Waals surface area (Å²) in [5.41, 5.74) is 1.74. The van der Waals surface area contributed by atoms with Crippen LogP contribution >= 0.6 is 0 Å². The van der Waals surface area contributed by atoms with E-state index in [-0.39, 0.29) is 18.1 Å². The summed E-state index contributed by atoms with van der Waals surface area (Å²) in [6.07, 6.45) is 0. The summed E-state index contributed by atoms with van der Waals surface area (Å²) in [5.74, 6) is 0.674. The van der Waals surface area contributed by atoms with Gasteiger partial charge in [-0.25, -0.2) is 9.07 Å². The van der Waals surface area contributed by atoms with Crippen LogP contribution in [-0.2, 0) is 20.2 Å². The number of aromatic nitrogens is 2. The van der Waals surface area contributed by atoms with Crippen LogP contribution in [0.15, 0.2) is 48.5 Å². The highest BCUT2D eigenvalue weighted by Gasteiger charge is 2.23. The Bertz CT molecular complexity index is 954. The van der Waals surface area contributed by atoms with Gasteiger partial charge in [-0.2, -0.15) is 5.10 Å². The molecule has 0 aliphatic rings. The second kappa shape index (κ2) is 7.86. The van der Waals surface area contributed by atoms with Crippen molar-refractivity contribution in [2.45, 2.75) is 20.1 Å². The lowest BCUT2D eigenvalue weighted by molar-refractivity contribution is -0.384. The second-order valence-corrected chi connectivity index (χ2v) is 6.04. The number of halogens is 1. The van der Waals surface area contributed by atoms with Gasteiger partial charge in [-0.3, -0.25) is 10.1 Å². The Kier molecular flexibility index (Phi) is 5.35. The van der Waals surface area contributed by atoms with Crippen LogP contribution in [0.2, 0.25) is 0 Å². The van der Waals surface area contributed by atoms with Gasteiger partial charge in [0.2, 0.25) is 5.82 Å². The zero-order valence-electron chi connectivity index (χ0n) is 15.0. The molecule has 8 heteroatoms. The van der Waals surface area contributed by atoms with Crippen LogP contribution in [-0.4, -0.2) is 14.7 Å². The fourth-order valence-electron chi connectivity index (χ4n) is 2.73. The largest absolute Gasteiger partial charge is 0.489 e. The molecule has 0 aliphatic carbocycles. The van der Waals surface area contributed by atoms with Crippen molar-refractivity contribution in [3.63, 3.8) is 0 Å². The van der Waals surface area contributed by atoms with E-state index >= 15 is 0 Å². The molecule has 1 heterocycles. The minimum Gasteiger partial charge on any atom is -0.489 e. The first-order chi connectivity index (χ1) is 13.0. The quantitative estimate of drug-likeness (QED) is 0.503. The molecule has 0 fully saturated rings. The molecule has 0 spiro atoms. The molecule has 0 radical (unpaired) electrons. The zero-order chi connectivity index (χ0) is 19.4. The van der Waals surface area contributed by atoms with E-state index in [4.69, 9.17) is 4.74 Å². The molecule has 2 aromatic carbocycles. The van der Waals surface area contributed by atoms with Crippen molar-refractivity contribution in [3.05, 3.63) is 81.3 Å². The summed E-state index contributed by atoms with van der Waals surface area (Å²) < 4.78 is 20.7. The Balaban J connectivity index is 1.62. The van der Waals surface area contributed by atoms with E-state index in [1.807, 2.05) is 12.1 Å². The average molecular weight is 370 g/mol. The van der Waals surface area contributed by atoms with Crippen molar-refractivity contribution in [2.24, 2.45) is 7.05 Å². The van der Waals surface area contributed by atoms with Gasteiger partial charge in [0.1, 0.15) is 23.9 Å². The van der Waals surface area contributed by atoms with Crippen molar-refractivity contribution in [1.29, 1.82) is 0 Å². The van der Waals surface area contributed by atoms with E-state index in [0.29, 0.717) is 29.4 Å². The lowest BCUT2D eigenvalue weighted by Crippen LogP contribution is -2.06. The standard InChI is InChI=1S/C19H19FN4O3/c1-13-18(24(25)26)19(23(2)22-13)21-11-14-7-9-16(10-8-14)27-12-15-5-3-4-6-17(15)20/h3-10,21H,11-12H2,1-2H3. The highest BCUT2D eigenvalue weighted by molar-refractivity contribution is 5.59. The lowest BCUT2D eigenvalue weighted by atomic mass is 10.2. The molecule has 0 atom stereocenters. The molecule has 0 saturated heterocycles. The van der Waals surface area contributed by atoms with Crippen LogP contribution in [0.5, 0.6) is 5.75 Å². The number of hydrogen-bond donors (Lipinski definition) is 1. The Morgan fingerprint density at radius 1 is 1.22 bits per heavy atom. The molecule has 0 amide bonds. The Morgan fingerprint density at radius 3 is 2.59 bits per heavy atom. The van der Waals surface area contributed by atoms with Gasteiger partial charge in [0.05, 0.1) is 4.92 Å². The first kappa shape index (κ1) is 18.4. The van der Waals surface area contributed by atoms with Crippen LogP contribution in [0.4, 0.5) is 15.9 Å². The minimum absolute atomic E-state index is 0.0256. The van der Waals surface area contributed by atoms with Crippen LogP contribution in [0.1, 0.15) is 16.8 Å². The highest BCUT2D eigenvalue weighted by Crippen LogP contribution is 2.27. The molecular formula is C19H19FN4O3. The first-order valence-electron chi connectivity index (χ1n) is 8.32. The fourth-order valence-corrected chi connectivity index (χ4v) is 2.73. The smallest absolute Gasteiger partial charge is 0.333 e. The Labute approximate surface area is 155 Å². The van der Waals surface area contributed by atoms with E-state index in [2.05, 4.69) is 10.4 Å². The van der Waals surface area contributed by atoms with Crippen LogP contribution in [0.25, 0.3) is 0 Å². The summed E-state index contributed by atoms with van der Waals surface area (Å²) >= 11 is 0. The third-order valence-corrected chi connectivity index (χ3v) is 4.11. The second-order valence-electron chi connectivity index (χ2n) is 6.04. The molecule has 0 saturated carbocycles. The molecular weight excluding hydrogens is 351 g/mol. The van der Waals surface area contributed by atoms with Gasteiger partial charge in [-0.05, 0) is 30.7 Å². The maximum Gasteiger partial charge on any atom is 0.333 e. The normalized spacial score (nSPS) is 10.6. The van der Waals surface area contributed by atoms with Crippen molar-refractivity contribution in [3.8, 4) is 5.75 Å². The molecule has 140 valence electrons. The van der Waals surface area contributed by atoms with Crippen molar-refractivity contribution in [2.75, 3.05) is 5.32 Å². The van der Waals surface area contributed by atoms with Gasteiger partial charge >= 0.3 is 5.69 Å². The minimum atomic E-state index is -0.440. The van der Waals surface area contributed by atoms with Crippen LogP contribution < -0.4 is 10.1 Å². The highest BCUT2D eigenvalue weighted by atomic mass is 19.1. The number of nitro groups is 1. The summed E-state index contributed by atoms with van der Waals surface area (Å²) in [6.45, 7) is 2.14. The number of rotatable bonds is 7. The van der Waals surface area contributed by atoms with Gasteiger partial charge in [0.25, 0.3) is 0 Å². The van der Waals surface area contributed by atoms with Gasteiger partial charge in [0, 0.05) is 19.2 Å². The number of nitrogens with zero attached hydrogens (tertiary/aromatic N) is 3. The molecule has 0 aliphatic heterocycles. The maximum atomic E-state index is 13.6. The third kappa shape index (κ3) is 4.22. The fraction of sp³-hybridized carbons (Fsp3) is 0.211. The number of nitrogens with one attached hydrogen (secondary N) is 1. The molecule has 7 nitrogen and oxygen atoms in total. The van der Waals surface area contributed by atoms with Gasteiger partial charge in [0.15, 0.2) is 0 Å². The molecule has 3 aromatic rings. The van der Waals surface area contributed by atoms with E-state index in [0.717, 1.165) is 5.56 Å². The summed E-state index contributed by atoms with van der Waals surface area (Å²) in [5, 5.41) is 18.3. The summed E-state index contributed by atoms with van der Waals surface area (Å²) in [7, 11) is 1.65. The molecule has 0 bridgehead atoms. The predicted octanol–water partition coefficient (Wildman–Crippen LogP) is 3.97. The van der Waals surface area contributed by atoms with Crippen LogP contribution in [0.3, 0.4) is 0 Å².